The van der Waals surface area contributed by atoms with Crippen molar-refractivity contribution in [3.05, 3.63) is 46.0 Å². The number of ketones is 1. The minimum absolute atomic E-state index is 0.0400. The van der Waals surface area contributed by atoms with Gasteiger partial charge in [0.05, 0.1) is 6.61 Å². The maximum atomic E-state index is 11.9. The maximum absolute atomic E-state index is 11.9. The molecule has 0 saturated heterocycles. The predicted molar refractivity (Wildman–Crippen MR) is 70.6 cm³/mol. The first-order valence-corrected chi connectivity index (χ1v) is 6.05. The number of nitrogens with two attached hydrogens (primary N) is 1. The Balaban J connectivity index is 3.03. The van der Waals surface area contributed by atoms with E-state index in [4.69, 9.17) is 10.5 Å². The van der Waals surface area contributed by atoms with Crippen LogP contribution in [0.3, 0.4) is 0 Å². The molecule has 0 radical (unpaired) electrons. The van der Waals surface area contributed by atoms with Crippen LogP contribution in [0.1, 0.15) is 12.5 Å². The zero-order valence-corrected chi connectivity index (χ0v) is 11.1. The van der Waals surface area contributed by atoms with Crippen molar-refractivity contribution < 1.29 is 19.2 Å². The third-order valence-electron chi connectivity index (χ3n) is 2.74. The molecule has 0 aliphatic carbocycles. The third kappa shape index (κ3) is 3.86. The van der Waals surface area contributed by atoms with Crippen molar-refractivity contribution in [2.75, 3.05) is 13.2 Å². The Bertz CT molecular complexity index is 503. The van der Waals surface area contributed by atoms with Gasteiger partial charge in [-0.2, -0.15) is 0 Å². The molecule has 0 bridgehead atoms. The first-order chi connectivity index (χ1) is 9.40. The summed E-state index contributed by atoms with van der Waals surface area (Å²) >= 11 is 0. The molecule has 0 heterocycles. The number of hydrogen-bond acceptors (Lipinski definition) is 6. The lowest BCUT2D eigenvalue weighted by atomic mass is 9.87. The molecule has 1 rings (SSSR count). The maximum Gasteiger partial charge on any atom is 0.334 e. The molecule has 0 amide bonds. The summed E-state index contributed by atoms with van der Waals surface area (Å²) in [6.07, 6.45) is -0.140. The Kier molecular flexibility index (Phi) is 5.33. The van der Waals surface area contributed by atoms with E-state index < -0.39 is 28.8 Å². The van der Waals surface area contributed by atoms with E-state index in [1.807, 2.05) is 0 Å². The Morgan fingerprint density at radius 3 is 2.45 bits per heavy atom. The van der Waals surface area contributed by atoms with Crippen LogP contribution >= 0.6 is 0 Å². The van der Waals surface area contributed by atoms with Crippen molar-refractivity contribution >= 4 is 11.8 Å². The van der Waals surface area contributed by atoms with Gasteiger partial charge in [0.2, 0.25) is 5.78 Å². The van der Waals surface area contributed by atoms with E-state index in [1.54, 1.807) is 37.3 Å². The number of Topliss-reactive ketones (excluding diaryl/α,β-unsaturated/α-hetero) is 1. The molecule has 2 N–H and O–H groups in total. The van der Waals surface area contributed by atoms with Gasteiger partial charge in [0.1, 0.15) is 0 Å². The Morgan fingerprint density at radius 1 is 1.35 bits per heavy atom. The molecule has 0 spiro atoms. The van der Waals surface area contributed by atoms with Crippen LogP contribution in [0, 0.1) is 10.1 Å². The van der Waals surface area contributed by atoms with Crippen LogP contribution in [0.5, 0.6) is 0 Å². The molecular weight excluding hydrogens is 264 g/mol. The normalized spacial score (nSPS) is 13.3. The van der Waals surface area contributed by atoms with Crippen LogP contribution in [0.2, 0.25) is 0 Å². The van der Waals surface area contributed by atoms with Gasteiger partial charge in [-0.1, -0.05) is 30.3 Å². The van der Waals surface area contributed by atoms with E-state index in [1.165, 1.54) is 0 Å². The fourth-order valence-corrected chi connectivity index (χ4v) is 1.72. The fraction of sp³-hybridized carbons (Fsp3) is 0.385. The van der Waals surface area contributed by atoms with Crippen molar-refractivity contribution in [3.63, 3.8) is 0 Å². The number of rotatable bonds is 7. The zero-order chi connectivity index (χ0) is 15.2. The molecule has 1 aromatic carbocycles. The molecular formula is C13H16N2O5. The third-order valence-corrected chi connectivity index (χ3v) is 2.74. The second-order valence-corrected chi connectivity index (χ2v) is 4.27. The van der Waals surface area contributed by atoms with Crippen LogP contribution in [0.25, 0.3) is 0 Å². The van der Waals surface area contributed by atoms with Crippen molar-refractivity contribution in [1.29, 1.82) is 0 Å². The predicted octanol–water partition coefficient (Wildman–Crippen LogP) is 0.335. The van der Waals surface area contributed by atoms with Gasteiger partial charge < -0.3 is 10.5 Å². The number of nitro groups is 1. The van der Waals surface area contributed by atoms with Gasteiger partial charge in [-0.15, -0.1) is 0 Å². The first-order valence-electron chi connectivity index (χ1n) is 6.05. The quantitative estimate of drug-likeness (QED) is 0.333. The number of carbonyl (C=O) groups excluding carboxylic acids is 2. The summed E-state index contributed by atoms with van der Waals surface area (Å²) in [4.78, 5) is 33.5. The number of nitrogens with zero attached hydrogens (tertiary/aromatic N) is 1. The Hall–Kier alpha value is -2.28. The average molecular weight is 280 g/mol. The summed E-state index contributed by atoms with van der Waals surface area (Å²) < 4.78 is 4.77. The van der Waals surface area contributed by atoms with Crippen LogP contribution in [0.4, 0.5) is 0 Å². The molecule has 108 valence electrons. The molecule has 0 fully saturated rings. The molecule has 0 aromatic heterocycles. The minimum atomic E-state index is -2.04. The van der Waals surface area contributed by atoms with E-state index in [0.29, 0.717) is 5.56 Å². The van der Waals surface area contributed by atoms with Gasteiger partial charge >= 0.3 is 5.97 Å². The molecule has 0 saturated carbocycles. The molecule has 1 atom stereocenters. The monoisotopic (exact) mass is 280 g/mol. The topological polar surface area (TPSA) is 113 Å². The van der Waals surface area contributed by atoms with E-state index in [2.05, 4.69) is 0 Å². The average Bonchev–Trinajstić information content (AvgIpc) is 2.39. The summed E-state index contributed by atoms with van der Waals surface area (Å²) in [6.45, 7) is 0.597. The molecule has 7 heteroatoms. The summed E-state index contributed by atoms with van der Waals surface area (Å²) in [5, 5.41) is 10.5. The second kappa shape index (κ2) is 6.76. The molecule has 1 unspecified atom stereocenters. The van der Waals surface area contributed by atoms with Gasteiger partial charge in [-0.3, -0.25) is 14.9 Å². The fourth-order valence-electron chi connectivity index (χ4n) is 1.72. The van der Waals surface area contributed by atoms with Gasteiger partial charge in [0.25, 0.3) is 6.54 Å². The van der Waals surface area contributed by atoms with Gasteiger partial charge in [-0.05, 0) is 12.5 Å². The highest BCUT2D eigenvalue weighted by Crippen LogP contribution is 2.15. The summed E-state index contributed by atoms with van der Waals surface area (Å²) in [5.74, 6) is -1.92. The van der Waals surface area contributed by atoms with Crippen molar-refractivity contribution in [2.24, 2.45) is 5.73 Å². The standard InChI is InChI=1S/C13H16N2O5/c1-2-20-12(17)13(14,11(16)9-15(18)19)8-10-6-4-3-5-7-10/h3-7H,2,8-9,14H2,1H3. The van der Waals surface area contributed by atoms with Crippen LogP contribution < -0.4 is 5.73 Å². The summed E-state index contributed by atoms with van der Waals surface area (Å²) in [7, 11) is 0. The van der Waals surface area contributed by atoms with Crippen molar-refractivity contribution in [2.45, 2.75) is 18.9 Å². The largest absolute Gasteiger partial charge is 0.464 e. The molecule has 0 aliphatic heterocycles. The minimum Gasteiger partial charge on any atom is -0.464 e. The summed E-state index contributed by atoms with van der Waals surface area (Å²) in [6, 6.07) is 8.57. The van der Waals surface area contributed by atoms with E-state index in [0.717, 1.165) is 0 Å². The lowest BCUT2D eigenvalue weighted by Gasteiger charge is -2.24. The Labute approximate surface area is 115 Å². The highest BCUT2D eigenvalue weighted by Gasteiger charge is 2.45. The van der Waals surface area contributed by atoms with E-state index >= 15 is 0 Å². The van der Waals surface area contributed by atoms with E-state index in [9.17, 15) is 19.7 Å². The number of esters is 1. The summed E-state index contributed by atoms with van der Waals surface area (Å²) in [5.41, 5.74) is 4.41. The number of ether oxygens (including phenoxy) is 1. The highest BCUT2D eigenvalue weighted by atomic mass is 16.6. The molecule has 7 nitrogen and oxygen atoms in total. The second-order valence-electron chi connectivity index (χ2n) is 4.27. The van der Waals surface area contributed by atoms with Crippen molar-refractivity contribution in [3.8, 4) is 0 Å². The van der Waals surface area contributed by atoms with Crippen molar-refractivity contribution in [1.82, 2.24) is 0 Å². The van der Waals surface area contributed by atoms with E-state index in [-0.39, 0.29) is 13.0 Å². The van der Waals surface area contributed by atoms with Gasteiger partial charge in [0, 0.05) is 11.3 Å². The number of carbonyl (C=O) groups is 2. The molecule has 20 heavy (non-hydrogen) atoms. The number of hydrogen-bond donors (Lipinski definition) is 1. The SMILES string of the molecule is CCOC(=O)C(N)(Cc1ccccc1)C(=O)C[N+](=O)[O-]. The van der Waals surface area contributed by atoms with Crippen LogP contribution in [-0.4, -0.2) is 35.4 Å². The van der Waals surface area contributed by atoms with Gasteiger partial charge in [-0.25, -0.2) is 4.79 Å². The Morgan fingerprint density at radius 2 is 1.95 bits per heavy atom. The first kappa shape index (κ1) is 15.8. The zero-order valence-electron chi connectivity index (χ0n) is 11.1. The highest BCUT2D eigenvalue weighted by molar-refractivity contribution is 6.09. The van der Waals surface area contributed by atoms with Crippen LogP contribution in [0.15, 0.2) is 30.3 Å². The lowest BCUT2D eigenvalue weighted by Crippen LogP contribution is -2.59. The smallest absolute Gasteiger partial charge is 0.334 e. The van der Waals surface area contributed by atoms with Crippen LogP contribution in [-0.2, 0) is 20.7 Å². The lowest BCUT2D eigenvalue weighted by molar-refractivity contribution is -0.467. The molecule has 1 aromatic rings. The molecule has 0 aliphatic rings. The van der Waals surface area contributed by atoms with Gasteiger partial charge in [0.15, 0.2) is 5.54 Å². The number of benzene rings is 1.